The Balaban J connectivity index is 1.36. The molecule has 0 saturated carbocycles. The molecule has 146 valence electrons. The Morgan fingerprint density at radius 3 is 2.87 bits per heavy atom. The summed E-state index contributed by atoms with van der Waals surface area (Å²) in [6.07, 6.45) is 5.22. The second kappa shape index (κ2) is 7.79. The maximum absolute atomic E-state index is 13.0. The summed E-state index contributed by atoms with van der Waals surface area (Å²) >= 11 is 0. The first-order chi connectivity index (χ1) is 14.8. The minimum absolute atomic E-state index is 0.0608. The van der Waals surface area contributed by atoms with E-state index in [1.54, 1.807) is 24.5 Å². The maximum atomic E-state index is 13.0. The third-order valence-corrected chi connectivity index (χ3v) is 4.94. The van der Waals surface area contributed by atoms with Gasteiger partial charge in [0.05, 0.1) is 16.8 Å². The zero-order chi connectivity index (χ0) is 20.3. The van der Waals surface area contributed by atoms with Gasteiger partial charge in [-0.1, -0.05) is 30.3 Å². The van der Waals surface area contributed by atoms with E-state index in [-0.39, 0.29) is 12.4 Å². The van der Waals surface area contributed by atoms with E-state index < -0.39 is 0 Å². The fraction of sp³-hybridized carbons (Fsp3) is 0.0800. The summed E-state index contributed by atoms with van der Waals surface area (Å²) in [5.74, 6) is 1.11. The maximum Gasteiger partial charge on any atom is 0.196 e. The smallest absolute Gasteiger partial charge is 0.196 e. The van der Waals surface area contributed by atoms with Crippen molar-refractivity contribution >= 4 is 22.8 Å². The minimum Gasteiger partial charge on any atom is -0.488 e. The van der Waals surface area contributed by atoms with Gasteiger partial charge in [0.2, 0.25) is 0 Å². The van der Waals surface area contributed by atoms with Crippen molar-refractivity contribution in [3.05, 3.63) is 102 Å². The van der Waals surface area contributed by atoms with Gasteiger partial charge in [-0.3, -0.25) is 9.78 Å². The lowest BCUT2D eigenvalue weighted by atomic mass is 9.98. The number of carbonyl (C=O) groups is 1. The number of carbonyl (C=O) groups excluding carboxylic acids is 1. The number of rotatable bonds is 4. The van der Waals surface area contributed by atoms with E-state index in [0.29, 0.717) is 29.2 Å². The number of para-hydroxylation sites is 1. The van der Waals surface area contributed by atoms with Gasteiger partial charge in [0.15, 0.2) is 5.78 Å². The number of ketones is 1. The summed E-state index contributed by atoms with van der Waals surface area (Å²) in [6, 6.07) is 21.0. The van der Waals surface area contributed by atoms with Gasteiger partial charge < -0.3 is 9.47 Å². The number of hydrogen-bond acceptors (Lipinski definition) is 5. The molecule has 2 aromatic carbocycles. The molecule has 4 aromatic rings. The molecule has 30 heavy (non-hydrogen) atoms. The van der Waals surface area contributed by atoms with Crippen LogP contribution in [0, 0.1) is 0 Å². The summed E-state index contributed by atoms with van der Waals surface area (Å²) < 4.78 is 11.7. The van der Waals surface area contributed by atoms with Crippen molar-refractivity contribution in [2.45, 2.75) is 6.61 Å². The van der Waals surface area contributed by atoms with Gasteiger partial charge in [0.1, 0.15) is 24.7 Å². The lowest BCUT2D eigenvalue weighted by molar-refractivity contribution is 0.1000. The lowest BCUT2D eigenvalue weighted by Crippen LogP contribution is -2.19. The van der Waals surface area contributed by atoms with Crippen molar-refractivity contribution < 1.29 is 14.3 Å². The quantitative estimate of drug-likeness (QED) is 0.462. The van der Waals surface area contributed by atoms with Crippen LogP contribution >= 0.6 is 0 Å². The first-order valence-electron chi connectivity index (χ1n) is 9.66. The number of ether oxygens (including phenoxy) is 2. The zero-order valence-electron chi connectivity index (χ0n) is 16.1. The molecule has 1 aliphatic rings. The molecule has 5 heteroatoms. The van der Waals surface area contributed by atoms with E-state index in [4.69, 9.17) is 9.47 Å². The van der Waals surface area contributed by atoms with Crippen LogP contribution < -0.4 is 9.47 Å². The SMILES string of the molecule is O=C1C(=Cc2cccnc2)COc2ccc(OCc3ccc4ccccc4n3)cc21. The monoisotopic (exact) mass is 394 g/mol. The molecule has 0 atom stereocenters. The molecule has 0 saturated heterocycles. The van der Waals surface area contributed by atoms with E-state index in [1.165, 1.54) is 0 Å². The Morgan fingerprint density at radius 2 is 1.97 bits per heavy atom. The third kappa shape index (κ3) is 3.65. The van der Waals surface area contributed by atoms with Gasteiger partial charge in [-0.2, -0.15) is 0 Å². The molecule has 0 aliphatic carbocycles. The van der Waals surface area contributed by atoms with E-state index in [0.717, 1.165) is 22.2 Å². The standard InChI is InChI=1S/C25H18N2O3/c28-25-19(12-17-4-3-11-26-14-17)15-30-24-10-9-21(13-22(24)25)29-16-20-8-7-18-5-1-2-6-23(18)27-20/h1-14H,15-16H2. The average Bonchev–Trinajstić information content (AvgIpc) is 2.80. The van der Waals surface area contributed by atoms with Gasteiger partial charge in [0.25, 0.3) is 0 Å². The van der Waals surface area contributed by atoms with E-state index in [2.05, 4.69) is 9.97 Å². The second-order valence-electron chi connectivity index (χ2n) is 7.02. The fourth-order valence-electron chi connectivity index (χ4n) is 3.41. The van der Waals surface area contributed by atoms with E-state index >= 15 is 0 Å². The molecule has 2 aromatic heterocycles. The van der Waals surface area contributed by atoms with Gasteiger partial charge in [0, 0.05) is 23.4 Å². The second-order valence-corrected chi connectivity index (χ2v) is 7.02. The predicted molar refractivity (Wildman–Crippen MR) is 115 cm³/mol. The van der Waals surface area contributed by atoms with Crippen molar-refractivity contribution in [3.8, 4) is 11.5 Å². The highest BCUT2D eigenvalue weighted by atomic mass is 16.5. The number of fused-ring (bicyclic) bond motifs is 2. The molecule has 0 unspecified atom stereocenters. The Kier molecular flexibility index (Phi) is 4.69. The normalized spacial score (nSPS) is 14.4. The number of hydrogen-bond donors (Lipinski definition) is 0. The topological polar surface area (TPSA) is 61.3 Å². The Morgan fingerprint density at radius 1 is 1.03 bits per heavy atom. The highest BCUT2D eigenvalue weighted by Gasteiger charge is 2.24. The molecule has 0 bridgehead atoms. The third-order valence-electron chi connectivity index (χ3n) is 4.94. The molecule has 3 heterocycles. The van der Waals surface area contributed by atoms with E-state index in [1.807, 2.05) is 60.7 Å². The van der Waals surface area contributed by atoms with Crippen molar-refractivity contribution in [1.29, 1.82) is 0 Å². The van der Waals surface area contributed by atoms with Crippen LogP contribution in [-0.4, -0.2) is 22.4 Å². The highest BCUT2D eigenvalue weighted by molar-refractivity contribution is 6.14. The molecular formula is C25H18N2O3. The van der Waals surface area contributed by atoms with Crippen molar-refractivity contribution in [1.82, 2.24) is 9.97 Å². The van der Waals surface area contributed by atoms with Crippen LogP contribution in [-0.2, 0) is 6.61 Å². The number of Topliss-reactive ketones (excluding diaryl/α,β-unsaturated/α-hetero) is 1. The number of nitrogens with zero attached hydrogens (tertiary/aromatic N) is 2. The molecular weight excluding hydrogens is 376 g/mol. The molecule has 0 spiro atoms. The fourth-order valence-corrected chi connectivity index (χ4v) is 3.41. The lowest BCUT2D eigenvalue weighted by Gasteiger charge is -2.19. The van der Waals surface area contributed by atoms with Crippen LogP contribution in [0.2, 0.25) is 0 Å². The minimum atomic E-state index is -0.0608. The first-order valence-corrected chi connectivity index (χ1v) is 9.66. The van der Waals surface area contributed by atoms with E-state index in [9.17, 15) is 4.79 Å². The van der Waals surface area contributed by atoms with Crippen LogP contribution in [0.5, 0.6) is 11.5 Å². The first kappa shape index (κ1) is 18.1. The summed E-state index contributed by atoms with van der Waals surface area (Å²) in [7, 11) is 0. The van der Waals surface area contributed by atoms with Crippen molar-refractivity contribution in [3.63, 3.8) is 0 Å². The molecule has 0 fully saturated rings. The predicted octanol–water partition coefficient (Wildman–Crippen LogP) is 4.87. The zero-order valence-corrected chi connectivity index (χ0v) is 16.1. The average molecular weight is 394 g/mol. The summed E-state index contributed by atoms with van der Waals surface area (Å²) in [5.41, 5.74) is 3.70. The van der Waals surface area contributed by atoms with Crippen LogP contribution in [0.25, 0.3) is 17.0 Å². The Labute approximate surface area is 173 Å². The molecule has 0 N–H and O–H groups in total. The Hall–Kier alpha value is -3.99. The summed E-state index contributed by atoms with van der Waals surface area (Å²) in [4.78, 5) is 21.7. The van der Waals surface area contributed by atoms with Crippen LogP contribution in [0.15, 0.2) is 84.7 Å². The summed E-state index contributed by atoms with van der Waals surface area (Å²) in [5, 5.41) is 1.09. The number of pyridine rings is 2. The van der Waals surface area contributed by atoms with Gasteiger partial charge in [-0.05, 0) is 48.0 Å². The van der Waals surface area contributed by atoms with Gasteiger partial charge in [-0.25, -0.2) is 4.98 Å². The van der Waals surface area contributed by atoms with Crippen molar-refractivity contribution in [2.75, 3.05) is 6.61 Å². The molecule has 0 radical (unpaired) electrons. The molecule has 5 nitrogen and oxygen atoms in total. The molecule has 5 rings (SSSR count). The molecule has 0 amide bonds. The van der Waals surface area contributed by atoms with Crippen LogP contribution in [0.3, 0.4) is 0 Å². The molecule has 1 aliphatic heterocycles. The Bertz CT molecular complexity index is 1270. The summed E-state index contributed by atoms with van der Waals surface area (Å²) in [6.45, 7) is 0.555. The van der Waals surface area contributed by atoms with Gasteiger partial charge in [-0.15, -0.1) is 0 Å². The highest BCUT2D eigenvalue weighted by Crippen LogP contribution is 2.31. The number of aromatic nitrogens is 2. The van der Waals surface area contributed by atoms with Crippen LogP contribution in [0.1, 0.15) is 21.6 Å². The number of benzene rings is 2. The van der Waals surface area contributed by atoms with Crippen molar-refractivity contribution in [2.24, 2.45) is 0 Å². The largest absolute Gasteiger partial charge is 0.488 e. The van der Waals surface area contributed by atoms with Gasteiger partial charge >= 0.3 is 0 Å². The van der Waals surface area contributed by atoms with Crippen LogP contribution in [0.4, 0.5) is 0 Å².